The second-order valence-corrected chi connectivity index (χ2v) is 4.36. The van der Waals surface area contributed by atoms with E-state index in [1.54, 1.807) is 0 Å². The van der Waals surface area contributed by atoms with Crippen molar-refractivity contribution in [2.24, 2.45) is 5.73 Å². The van der Waals surface area contributed by atoms with Crippen LogP contribution in [0.1, 0.15) is 24.4 Å². The van der Waals surface area contributed by atoms with E-state index in [1.807, 2.05) is 36.6 Å². The molecule has 0 aliphatic carbocycles. The number of nitrogens with two attached hydrogens (primary N) is 1. The molecule has 0 radical (unpaired) electrons. The number of fused-ring (bicyclic) bond motifs is 1. The Balaban J connectivity index is 2.77. The van der Waals surface area contributed by atoms with Crippen molar-refractivity contribution in [1.29, 1.82) is 0 Å². The van der Waals surface area contributed by atoms with Gasteiger partial charge in [-0.15, -0.1) is 0 Å². The Morgan fingerprint density at radius 1 is 1.57 bits per heavy atom. The number of halogens is 1. The monoisotopic (exact) mass is 253 g/mol. The van der Waals surface area contributed by atoms with E-state index in [4.69, 9.17) is 5.73 Å². The number of rotatable bonds is 1. The average molecular weight is 254 g/mol. The Morgan fingerprint density at radius 2 is 2.29 bits per heavy atom. The highest BCUT2D eigenvalue weighted by molar-refractivity contribution is 9.10. The van der Waals surface area contributed by atoms with Gasteiger partial charge in [0.15, 0.2) is 0 Å². The van der Waals surface area contributed by atoms with Gasteiger partial charge >= 0.3 is 0 Å². The molecule has 3 nitrogen and oxygen atoms in total. The molecule has 0 saturated carbocycles. The number of imidazole rings is 1. The zero-order valence-corrected chi connectivity index (χ0v) is 9.75. The van der Waals surface area contributed by atoms with E-state index in [9.17, 15) is 0 Å². The lowest BCUT2D eigenvalue weighted by Crippen LogP contribution is -2.09. The largest absolute Gasteiger partial charge is 0.323 e. The fraction of sp³-hybridized carbons (Fsp3) is 0.300. The van der Waals surface area contributed by atoms with Gasteiger partial charge in [-0.25, -0.2) is 4.98 Å². The molecule has 0 saturated heterocycles. The van der Waals surface area contributed by atoms with Crippen molar-refractivity contribution >= 4 is 21.6 Å². The summed E-state index contributed by atoms with van der Waals surface area (Å²) in [6.45, 7) is 3.96. The van der Waals surface area contributed by atoms with Crippen LogP contribution in [0.4, 0.5) is 0 Å². The Kier molecular flexibility index (Phi) is 2.33. The minimum Gasteiger partial charge on any atom is -0.323 e. The summed E-state index contributed by atoms with van der Waals surface area (Å²) in [5.74, 6) is 0. The number of hydrogen-bond acceptors (Lipinski definition) is 2. The third kappa shape index (κ3) is 1.44. The molecule has 0 aliphatic rings. The van der Waals surface area contributed by atoms with Crippen LogP contribution < -0.4 is 5.73 Å². The lowest BCUT2D eigenvalue weighted by molar-refractivity contribution is 0.761. The summed E-state index contributed by atoms with van der Waals surface area (Å²) in [6, 6.07) is 3.98. The van der Waals surface area contributed by atoms with E-state index in [1.165, 1.54) is 0 Å². The molecule has 2 aromatic rings. The maximum absolute atomic E-state index is 5.89. The quantitative estimate of drug-likeness (QED) is 0.849. The average Bonchev–Trinajstić information content (AvgIpc) is 2.39. The van der Waals surface area contributed by atoms with Gasteiger partial charge in [-0.2, -0.15) is 0 Å². The fourth-order valence-corrected chi connectivity index (χ4v) is 2.03. The third-order valence-corrected chi connectivity index (χ3v) is 2.73. The normalized spacial score (nSPS) is 13.4. The molecule has 0 spiro atoms. The van der Waals surface area contributed by atoms with Gasteiger partial charge in [0.2, 0.25) is 0 Å². The molecule has 4 heteroatoms. The van der Waals surface area contributed by atoms with E-state index < -0.39 is 0 Å². The van der Waals surface area contributed by atoms with Crippen LogP contribution in [0, 0.1) is 6.92 Å². The second-order valence-electron chi connectivity index (χ2n) is 3.44. The molecule has 2 N–H and O–H groups in total. The lowest BCUT2D eigenvalue weighted by Gasteiger charge is -2.06. The molecular formula is C10H12BrN3. The van der Waals surface area contributed by atoms with Crippen LogP contribution in [-0.4, -0.2) is 9.38 Å². The van der Waals surface area contributed by atoms with E-state index in [-0.39, 0.29) is 6.04 Å². The molecule has 1 unspecified atom stereocenters. The molecule has 0 aromatic carbocycles. The Bertz CT molecular complexity index is 473. The zero-order valence-electron chi connectivity index (χ0n) is 8.16. The Hall–Kier alpha value is -0.870. The van der Waals surface area contributed by atoms with Crippen molar-refractivity contribution in [2.45, 2.75) is 19.9 Å². The Labute approximate surface area is 91.1 Å². The minimum atomic E-state index is 0.00572. The van der Waals surface area contributed by atoms with Crippen molar-refractivity contribution in [2.75, 3.05) is 0 Å². The van der Waals surface area contributed by atoms with Gasteiger partial charge in [-0.3, -0.25) is 0 Å². The van der Waals surface area contributed by atoms with Crippen molar-refractivity contribution in [3.8, 4) is 0 Å². The first-order valence-electron chi connectivity index (χ1n) is 4.49. The molecule has 1 atom stereocenters. The van der Waals surface area contributed by atoms with Gasteiger partial charge in [-0.1, -0.05) is 15.9 Å². The first-order chi connectivity index (χ1) is 6.59. The van der Waals surface area contributed by atoms with Crippen LogP contribution in [0.3, 0.4) is 0 Å². The van der Waals surface area contributed by atoms with Crippen LogP contribution in [-0.2, 0) is 0 Å². The summed E-state index contributed by atoms with van der Waals surface area (Å²) in [5, 5.41) is 0. The predicted molar refractivity (Wildman–Crippen MR) is 60.2 cm³/mol. The van der Waals surface area contributed by atoms with Crippen molar-refractivity contribution < 1.29 is 0 Å². The molecule has 2 rings (SSSR count). The standard InChI is InChI=1S/C10H12BrN3/c1-6(12)10-7(2)13-9-5-8(11)3-4-14(9)10/h3-6H,12H2,1-2H3. The summed E-state index contributed by atoms with van der Waals surface area (Å²) < 4.78 is 3.07. The second kappa shape index (κ2) is 3.37. The summed E-state index contributed by atoms with van der Waals surface area (Å²) in [5.41, 5.74) is 8.90. The first kappa shape index (κ1) is 9.68. The maximum Gasteiger partial charge on any atom is 0.138 e. The van der Waals surface area contributed by atoms with Crippen molar-refractivity contribution in [3.05, 3.63) is 34.2 Å². The topological polar surface area (TPSA) is 43.3 Å². The van der Waals surface area contributed by atoms with E-state index >= 15 is 0 Å². The summed E-state index contributed by atoms with van der Waals surface area (Å²) >= 11 is 3.42. The molecule has 0 bridgehead atoms. The fourth-order valence-electron chi connectivity index (χ4n) is 1.71. The lowest BCUT2D eigenvalue weighted by atomic mass is 10.2. The highest BCUT2D eigenvalue weighted by Gasteiger charge is 2.11. The van der Waals surface area contributed by atoms with Gasteiger partial charge in [0.05, 0.1) is 11.4 Å². The van der Waals surface area contributed by atoms with Gasteiger partial charge in [-0.05, 0) is 26.0 Å². The molecule has 2 heterocycles. The van der Waals surface area contributed by atoms with E-state index in [2.05, 4.69) is 20.9 Å². The molecular weight excluding hydrogens is 242 g/mol. The van der Waals surface area contributed by atoms with Gasteiger partial charge in [0.25, 0.3) is 0 Å². The van der Waals surface area contributed by atoms with Gasteiger partial charge < -0.3 is 10.1 Å². The number of nitrogens with zero attached hydrogens (tertiary/aromatic N) is 2. The molecule has 0 amide bonds. The van der Waals surface area contributed by atoms with Crippen LogP contribution in [0.25, 0.3) is 5.65 Å². The first-order valence-corrected chi connectivity index (χ1v) is 5.28. The number of aromatic nitrogens is 2. The summed E-state index contributed by atoms with van der Waals surface area (Å²) in [4.78, 5) is 4.45. The minimum absolute atomic E-state index is 0.00572. The van der Waals surface area contributed by atoms with E-state index in [0.29, 0.717) is 0 Å². The number of aryl methyl sites for hydroxylation is 1. The van der Waals surface area contributed by atoms with Crippen molar-refractivity contribution in [1.82, 2.24) is 9.38 Å². The van der Waals surface area contributed by atoms with Crippen LogP contribution in [0.15, 0.2) is 22.8 Å². The molecule has 0 fully saturated rings. The molecule has 14 heavy (non-hydrogen) atoms. The number of pyridine rings is 1. The number of hydrogen-bond donors (Lipinski definition) is 1. The van der Waals surface area contributed by atoms with Gasteiger partial charge in [0.1, 0.15) is 5.65 Å². The zero-order chi connectivity index (χ0) is 10.3. The molecule has 0 aliphatic heterocycles. The van der Waals surface area contributed by atoms with Crippen molar-refractivity contribution in [3.63, 3.8) is 0 Å². The van der Waals surface area contributed by atoms with E-state index in [0.717, 1.165) is 21.5 Å². The molecule has 74 valence electrons. The summed E-state index contributed by atoms with van der Waals surface area (Å²) in [6.07, 6.45) is 1.98. The van der Waals surface area contributed by atoms with Gasteiger partial charge in [0, 0.05) is 16.7 Å². The summed E-state index contributed by atoms with van der Waals surface area (Å²) in [7, 11) is 0. The highest BCUT2D eigenvalue weighted by atomic mass is 79.9. The Morgan fingerprint density at radius 3 is 2.93 bits per heavy atom. The smallest absolute Gasteiger partial charge is 0.138 e. The third-order valence-electron chi connectivity index (χ3n) is 2.24. The molecule has 2 aromatic heterocycles. The van der Waals surface area contributed by atoms with Crippen LogP contribution in [0.2, 0.25) is 0 Å². The highest BCUT2D eigenvalue weighted by Crippen LogP contribution is 2.20. The maximum atomic E-state index is 5.89. The predicted octanol–water partition coefficient (Wildman–Crippen LogP) is 2.42. The van der Waals surface area contributed by atoms with Crippen LogP contribution >= 0.6 is 15.9 Å². The SMILES string of the molecule is Cc1nc2cc(Br)ccn2c1C(C)N. The van der Waals surface area contributed by atoms with Crippen LogP contribution in [0.5, 0.6) is 0 Å².